The molecule has 4 nitrogen and oxygen atoms in total. The third-order valence-corrected chi connectivity index (χ3v) is 6.40. The van der Waals surface area contributed by atoms with Crippen molar-refractivity contribution in [3.8, 4) is 0 Å². The third kappa shape index (κ3) is 4.24. The molecule has 3 aliphatic heterocycles. The monoisotopic (exact) mass is 341 g/mol. The maximum Gasteiger partial charge on any atom is 0.220 e. The molecular weight excluding hydrogens is 310 g/mol. The predicted molar refractivity (Wildman–Crippen MR) is 100 cm³/mol. The molecule has 3 unspecified atom stereocenters. The van der Waals surface area contributed by atoms with Gasteiger partial charge in [0.25, 0.3) is 0 Å². The van der Waals surface area contributed by atoms with Crippen LogP contribution in [-0.2, 0) is 11.3 Å². The molecule has 1 amide bonds. The summed E-state index contributed by atoms with van der Waals surface area (Å²) in [6, 6.07) is 12.5. The van der Waals surface area contributed by atoms with Gasteiger partial charge in [0.05, 0.1) is 0 Å². The van der Waals surface area contributed by atoms with Crippen LogP contribution >= 0.6 is 0 Å². The van der Waals surface area contributed by atoms with Crippen molar-refractivity contribution in [3.63, 3.8) is 0 Å². The molecule has 0 saturated carbocycles. The molecule has 0 spiro atoms. The number of piperidine rings is 1. The molecule has 2 N–H and O–H groups in total. The lowest BCUT2D eigenvalue weighted by molar-refractivity contribution is -0.122. The summed E-state index contributed by atoms with van der Waals surface area (Å²) >= 11 is 0. The van der Waals surface area contributed by atoms with Crippen LogP contribution in [0.1, 0.15) is 50.5 Å². The first-order chi connectivity index (χ1) is 12.3. The molecule has 0 aliphatic carbocycles. The molecule has 1 aromatic rings. The molecule has 0 aromatic heterocycles. The van der Waals surface area contributed by atoms with E-state index >= 15 is 0 Å². The van der Waals surface area contributed by atoms with Gasteiger partial charge in [-0.25, -0.2) is 0 Å². The Morgan fingerprint density at radius 2 is 1.88 bits per heavy atom. The zero-order chi connectivity index (χ0) is 17.1. The zero-order valence-electron chi connectivity index (χ0n) is 15.1. The number of nitrogens with one attached hydrogen (secondary N) is 2. The highest BCUT2D eigenvalue weighted by atomic mass is 16.1. The van der Waals surface area contributed by atoms with Gasteiger partial charge in [0.15, 0.2) is 0 Å². The van der Waals surface area contributed by atoms with Crippen LogP contribution < -0.4 is 10.6 Å². The summed E-state index contributed by atoms with van der Waals surface area (Å²) in [5.74, 6) is 0.974. The zero-order valence-corrected chi connectivity index (χ0v) is 15.1. The molecule has 2 bridgehead atoms. The summed E-state index contributed by atoms with van der Waals surface area (Å²) in [7, 11) is 0. The number of fused-ring (bicyclic) bond motifs is 2. The Morgan fingerprint density at radius 1 is 1.12 bits per heavy atom. The second-order valence-electron chi connectivity index (χ2n) is 8.18. The quantitative estimate of drug-likeness (QED) is 0.836. The van der Waals surface area contributed by atoms with E-state index in [1.807, 2.05) is 0 Å². The molecule has 25 heavy (non-hydrogen) atoms. The molecule has 4 rings (SSSR count). The van der Waals surface area contributed by atoms with E-state index in [2.05, 4.69) is 45.9 Å². The van der Waals surface area contributed by atoms with Gasteiger partial charge in [-0.1, -0.05) is 30.3 Å². The molecule has 3 atom stereocenters. The molecule has 3 saturated heterocycles. The van der Waals surface area contributed by atoms with E-state index < -0.39 is 0 Å². The normalized spacial score (nSPS) is 32.0. The summed E-state index contributed by atoms with van der Waals surface area (Å²) in [6.45, 7) is 3.27. The van der Waals surface area contributed by atoms with Crippen molar-refractivity contribution < 1.29 is 4.79 Å². The number of rotatable bonds is 6. The van der Waals surface area contributed by atoms with E-state index in [0.717, 1.165) is 38.9 Å². The lowest BCUT2D eigenvalue weighted by Crippen LogP contribution is -2.50. The lowest BCUT2D eigenvalue weighted by Gasteiger charge is -2.39. The predicted octanol–water partition coefficient (Wildman–Crippen LogP) is 2.69. The van der Waals surface area contributed by atoms with Crippen LogP contribution in [0.3, 0.4) is 0 Å². The Morgan fingerprint density at radius 3 is 2.56 bits per heavy atom. The van der Waals surface area contributed by atoms with E-state index in [4.69, 9.17) is 0 Å². The van der Waals surface area contributed by atoms with Crippen LogP contribution in [0.15, 0.2) is 30.3 Å². The highest BCUT2D eigenvalue weighted by Crippen LogP contribution is 2.36. The second kappa shape index (κ2) is 7.88. The van der Waals surface area contributed by atoms with Gasteiger partial charge in [0.1, 0.15) is 0 Å². The summed E-state index contributed by atoms with van der Waals surface area (Å²) in [5, 5.41) is 6.73. The van der Waals surface area contributed by atoms with Crippen LogP contribution in [0.5, 0.6) is 0 Å². The van der Waals surface area contributed by atoms with Crippen molar-refractivity contribution in [1.82, 2.24) is 15.5 Å². The fraction of sp³-hybridized carbons (Fsp3) is 0.667. The Bertz CT molecular complexity index is 556. The van der Waals surface area contributed by atoms with E-state index in [1.54, 1.807) is 0 Å². The van der Waals surface area contributed by atoms with Crippen LogP contribution in [0, 0.1) is 5.92 Å². The van der Waals surface area contributed by atoms with Crippen molar-refractivity contribution in [2.45, 2.75) is 69.6 Å². The number of nitrogens with zero attached hydrogens (tertiary/aromatic N) is 1. The maximum absolute atomic E-state index is 12.3. The standard InChI is InChI=1S/C21H31N3O/c25-21(9-6-16-10-11-22-14-16)23-18-12-19-7-8-20(13-18)24(19)15-17-4-2-1-3-5-17/h1-5,16,18-20,22H,6-15H2,(H,23,25). The highest BCUT2D eigenvalue weighted by Gasteiger charge is 2.40. The summed E-state index contributed by atoms with van der Waals surface area (Å²) in [5.41, 5.74) is 1.41. The Balaban J connectivity index is 1.25. The van der Waals surface area contributed by atoms with Crippen molar-refractivity contribution in [2.75, 3.05) is 13.1 Å². The molecule has 136 valence electrons. The second-order valence-corrected chi connectivity index (χ2v) is 8.18. The minimum atomic E-state index is 0.271. The van der Waals surface area contributed by atoms with Gasteiger partial charge in [-0.3, -0.25) is 9.69 Å². The van der Waals surface area contributed by atoms with Gasteiger partial charge in [0.2, 0.25) is 5.91 Å². The van der Waals surface area contributed by atoms with Gasteiger partial charge in [-0.15, -0.1) is 0 Å². The molecule has 3 heterocycles. The summed E-state index contributed by atoms with van der Waals surface area (Å²) in [4.78, 5) is 15.0. The Labute approximate surface area is 151 Å². The van der Waals surface area contributed by atoms with Gasteiger partial charge < -0.3 is 10.6 Å². The van der Waals surface area contributed by atoms with E-state index in [9.17, 15) is 4.79 Å². The topological polar surface area (TPSA) is 44.4 Å². The number of hydrogen-bond donors (Lipinski definition) is 2. The first-order valence-corrected chi connectivity index (χ1v) is 10.1. The van der Waals surface area contributed by atoms with E-state index in [1.165, 1.54) is 24.8 Å². The number of amides is 1. The first kappa shape index (κ1) is 17.0. The molecule has 3 fully saturated rings. The minimum Gasteiger partial charge on any atom is -0.353 e. The fourth-order valence-corrected chi connectivity index (χ4v) is 5.04. The van der Waals surface area contributed by atoms with E-state index in [-0.39, 0.29) is 5.91 Å². The SMILES string of the molecule is O=C(CCC1CCNC1)NC1CC2CCC(C1)N2Cc1ccccc1. The van der Waals surface area contributed by atoms with Crippen molar-refractivity contribution in [2.24, 2.45) is 5.92 Å². The highest BCUT2D eigenvalue weighted by molar-refractivity contribution is 5.76. The summed E-state index contributed by atoms with van der Waals surface area (Å²) < 4.78 is 0. The molecular formula is C21H31N3O. The number of benzene rings is 1. The number of carbonyl (C=O) groups excluding carboxylic acids is 1. The minimum absolute atomic E-state index is 0.271. The van der Waals surface area contributed by atoms with Crippen molar-refractivity contribution >= 4 is 5.91 Å². The van der Waals surface area contributed by atoms with Crippen molar-refractivity contribution in [3.05, 3.63) is 35.9 Å². The molecule has 3 aliphatic rings. The average molecular weight is 341 g/mol. The molecule has 1 aromatic carbocycles. The number of carbonyl (C=O) groups is 1. The lowest BCUT2D eigenvalue weighted by atomic mass is 9.96. The van der Waals surface area contributed by atoms with Gasteiger partial charge >= 0.3 is 0 Å². The molecule has 4 heteroatoms. The summed E-state index contributed by atoms with van der Waals surface area (Å²) in [6.07, 6.45) is 7.80. The van der Waals surface area contributed by atoms with Gasteiger partial charge in [-0.2, -0.15) is 0 Å². The smallest absolute Gasteiger partial charge is 0.220 e. The van der Waals surface area contributed by atoms with Crippen molar-refractivity contribution in [1.29, 1.82) is 0 Å². The largest absolute Gasteiger partial charge is 0.353 e. The van der Waals surface area contributed by atoms with Crippen LogP contribution in [0.2, 0.25) is 0 Å². The van der Waals surface area contributed by atoms with Crippen LogP contribution in [-0.4, -0.2) is 42.0 Å². The Hall–Kier alpha value is -1.39. The molecule has 0 radical (unpaired) electrons. The van der Waals surface area contributed by atoms with Crippen LogP contribution in [0.4, 0.5) is 0 Å². The fourth-order valence-electron chi connectivity index (χ4n) is 5.04. The average Bonchev–Trinajstić information content (AvgIpc) is 3.21. The third-order valence-electron chi connectivity index (χ3n) is 6.40. The maximum atomic E-state index is 12.3. The first-order valence-electron chi connectivity index (χ1n) is 10.1. The Kier molecular flexibility index (Phi) is 5.37. The van der Waals surface area contributed by atoms with Crippen LogP contribution in [0.25, 0.3) is 0 Å². The van der Waals surface area contributed by atoms with E-state index in [0.29, 0.717) is 30.5 Å². The van der Waals surface area contributed by atoms with Gasteiger partial charge in [0, 0.05) is 31.1 Å². The number of hydrogen-bond acceptors (Lipinski definition) is 3. The van der Waals surface area contributed by atoms with Gasteiger partial charge in [-0.05, 0) is 63.1 Å².